The third kappa shape index (κ3) is 1.33. The van der Waals surface area contributed by atoms with E-state index in [-0.39, 0.29) is 11.5 Å². The SMILES string of the molecule is O=C1c2ccccc2[C@]23CC[C@](c4ccccc4)(CCN12)O3. The van der Waals surface area contributed by atoms with Crippen LogP contribution in [0.15, 0.2) is 54.6 Å². The molecule has 3 heteroatoms. The minimum atomic E-state index is -0.540. The number of benzene rings is 2. The zero-order valence-corrected chi connectivity index (χ0v) is 12.3. The predicted molar refractivity (Wildman–Crippen MR) is 82.2 cm³/mol. The summed E-state index contributed by atoms with van der Waals surface area (Å²) in [6, 6.07) is 18.4. The number of ether oxygens (including phenoxy) is 1. The van der Waals surface area contributed by atoms with Crippen LogP contribution in [-0.4, -0.2) is 17.4 Å². The van der Waals surface area contributed by atoms with Gasteiger partial charge in [0.25, 0.3) is 5.91 Å². The summed E-state index contributed by atoms with van der Waals surface area (Å²) in [5.41, 5.74) is 2.33. The second-order valence-corrected chi connectivity index (χ2v) is 6.50. The molecule has 1 spiro atoms. The molecule has 3 aliphatic rings. The Bertz CT molecular complexity index is 772. The maximum atomic E-state index is 12.7. The van der Waals surface area contributed by atoms with Gasteiger partial charge >= 0.3 is 0 Å². The average molecular weight is 291 g/mol. The van der Waals surface area contributed by atoms with E-state index in [1.54, 1.807) is 0 Å². The van der Waals surface area contributed by atoms with E-state index in [1.165, 1.54) is 5.56 Å². The van der Waals surface area contributed by atoms with Gasteiger partial charge in [0.05, 0.1) is 5.60 Å². The molecule has 2 atom stereocenters. The van der Waals surface area contributed by atoms with Crippen LogP contribution in [0, 0.1) is 0 Å². The van der Waals surface area contributed by atoms with Crippen LogP contribution in [0.4, 0.5) is 0 Å². The summed E-state index contributed by atoms with van der Waals surface area (Å²) < 4.78 is 6.68. The molecule has 110 valence electrons. The highest BCUT2D eigenvalue weighted by Crippen LogP contribution is 2.59. The van der Waals surface area contributed by atoms with E-state index in [0.717, 1.165) is 36.9 Å². The maximum absolute atomic E-state index is 12.7. The molecule has 22 heavy (non-hydrogen) atoms. The molecular formula is C19H17NO2. The number of hydrogen-bond donors (Lipinski definition) is 0. The van der Waals surface area contributed by atoms with Crippen LogP contribution in [0.2, 0.25) is 0 Å². The lowest BCUT2D eigenvalue weighted by atomic mass is 9.88. The molecule has 5 rings (SSSR count). The highest BCUT2D eigenvalue weighted by atomic mass is 16.6. The molecule has 0 radical (unpaired) electrons. The Hall–Kier alpha value is -2.13. The van der Waals surface area contributed by atoms with Crippen molar-refractivity contribution in [2.24, 2.45) is 0 Å². The van der Waals surface area contributed by atoms with Crippen molar-refractivity contribution in [1.29, 1.82) is 0 Å². The zero-order chi connectivity index (χ0) is 14.8. The average Bonchev–Trinajstić information content (AvgIpc) is 3.03. The molecule has 0 aromatic heterocycles. The minimum Gasteiger partial charge on any atom is -0.340 e. The Kier molecular flexibility index (Phi) is 2.25. The van der Waals surface area contributed by atoms with Crippen molar-refractivity contribution in [3.8, 4) is 0 Å². The summed E-state index contributed by atoms with van der Waals surface area (Å²) in [4.78, 5) is 14.7. The number of nitrogens with zero attached hydrogens (tertiary/aromatic N) is 1. The van der Waals surface area contributed by atoms with E-state index < -0.39 is 5.72 Å². The highest BCUT2D eigenvalue weighted by Gasteiger charge is 2.62. The molecule has 3 aliphatic heterocycles. The van der Waals surface area contributed by atoms with Crippen LogP contribution in [0.1, 0.15) is 40.7 Å². The van der Waals surface area contributed by atoms with Crippen molar-refractivity contribution >= 4 is 5.91 Å². The fourth-order valence-electron chi connectivity index (χ4n) is 4.48. The van der Waals surface area contributed by atoms with Crippen molar-refractivity contribution < 1.29 is 9.53 Å². The lowest BCUT2D eigenvalue weighted by Gasteiger charge is -2.44. The molecule has 3 heterocycles. The fourth-order valence-corrected chi connectivity index (χ4v) is 4.48. The lowest BCUT2D eigenvalue weighted by Crippen LogP contribution is -2.51. The molecule has 0 unspecified atom stereocenters. The predicted octanol–water partition coefficient (Wildman–Crippen LogP) is 3.40. The molecular weight excluding hydrogens is 274 g/mol. The first kappa shape index (κ1) is 12.4. The van der Waals surface area contributed by atoms with Crippen LogP contribution in [0.3, 0.4) is 0 Å². The van der Waals surface area contributed by atoms with Gasteiger partial charge in [-0.15, -0.1) is 0 Å². The maximum Gasteiger partial charge on any atom is 0.256 e. The molecule has 2 fully saturated rings. The summed E-state index contributed by atoms with van der Waals surface area (Å²) in [6.45, 7) is 0.766. The third-order valence-corrected chi connectivity index (χ3v) is 5.53. The molecule has 2 saturated heterocycles. The Morgan fingerprint density at radius 1 is 0.909 bits per heavy atom. The fraction of sp³-hybridized carbons (Fsp3) is 0.316. The van der Waals surface area contributed by atoms with Crippen molar-refractivity contribution in [2.45, 2.75) is 30.6 Å². The molecule has 1 amide bonds. The van der Waals surface area contributed by atoms with Crippen molar-refractivity contribution in [2.75, 3.05) is 6.54 Å². The highest BCUT2D eigenvalue weighted by molar-refractivity contribution is 6.00. The second-order valence-electron chi connectivity index (χ2n) is 6.50. The van der Waals surface area contributed by atoms with E-state index in [1.807, 2.05) is 29.2 Å². The van der Waals surface area contributed by atoms with E-state index in [0.29, 0.717) is 0 Å². The molecule has 0 N–H and O–H groups in total. The van der Waals surface area contributed by atoms with Crippen molar-refractivity contribution in [1.82, 2.24) is 4.90 Å². The van der Waals surface area contributed by atoms with Gasteiger partial charge in [0.1, 0.15) is 0 Å². The minimum absolute atomic E-state index is 0.124. The largest absolute Gasteiger partial charge is 0.340 e. The monoisotopic (exact) mass is 291 g/mol. The first-order valence-corrected chi connectivity index (χ1v) is 7.92. The van der Waals surface area contributed by atoms with Crippen molar-refractivity contribution in [3.05, 3.63) is 71.3 Å². The van der Waals surface area contributed by atoms with Crippen LogP contribution in [0.25, 0.3) is 0 Å². The topological polar surface area (TPSA) is 29.5 Å². The van der Waals surface area contributed by atoms with Gasteiger partial charge in [-0.25, -0.2) is 0 Å². The smallest absolute Gasteiger partial charge is 0.256 e. The third-order valence-electron chi connectivity index (χ3n) is 5.53. The van der Waals surface area contributed by atoms with E-state index in [4.69, 9.17) is 4.74 Å². The molecule has 0 aliphatic carbocycles. The van der Waals surface area contributed by atoms with Gasteiger partial charge in [-0.05, 0) is 24.5 Å². The first-order valence-electron chi connectivity index (χ1n) is 7.92. The quantitative estimate of drug-likeness (QED) is 0.806. The zero-order valence-electron chi connectivity index (χ0n) is 12.3. The Labute approximate surface area is 129 Å². The van der Waals surface area contributed by atoms with Gasteiger partial charge < -0.3 is 9.64 Å². The summed E-state index contributed by atoms with van der Waals surface area (Å²) in [5.74, 6) is 0.124. The van der Waals surface area contributed by atoms with Gasteiger partial charge in [0, 0.05) is 24.1 Å². The number of carbonyl (C=O) groups excluding carboxylic acids is 1. The van der Waals surface area contributed by atoms with E-state index in [9.17, 15) is 4.79 Å². The van der Waals surface area contributed by atoms with Crippen LogP contribution >= 0.6 is 0 Å². The second kappa shape index (κ2) is 3.99. The Morgan fingerprint density at radius 2 is 1.68 bits per heavy atom. The molecule has 3 nitrogen and oxygen atoms in total. The summed E-state index contributed by atoms with van der Waals surface area (Å²) in [7, 11) is 0. The molecule has 2 aromatic carbocycles. The van der Waals surface area contributed by atoms with Crippen LogP contribution in [-0.2, 0) is 16.1 Å². The normalized spacial score (nSPS) is 32.0. The van der Waals surface area contributed by atoms with Gasteiger partial charge in [0.2, 0.25) is 0 Å². The van der Waals surface area contributed by atoms with Crippen LogP contribution < -0.4 is 0 Å². The van der Waals surface area contributed by atoms with E-state index in [2.05, 4.69) is 30.3 Å². The van der Waals surface area contributed by atoms with Crippen molar-refractivity contribution in [3.63, 3.8) is 0 Å². The number of carbonyl (C=O) groups is 1. The molecule has 0 saturated carbocycles. The van der Waals surface area contributed by atoms with Gasteiger partial charge in [0.15, 0.2) is 5.72 Å². The van der Waals surface area contributed by atoms with Gasteiger partial charge in [-0.3, -0.25) is 4.79 Å². The van der Waals surface area contributed by atoms with Gasteiger partial charge in [-0.2, -0.15) is 0 Å². The number of amides is 1. The lowest BCUT2D eigenvalue weighted by molar-refractivity contribution is -0.209. The standard InChI is InChI=1S/C19H17NO2/c21-17-15-8-4-5-9-16(15)19-11-10-18(22-19,12-13-20(17)19)14-6-2-1-3-7-14/h1-9H,10-13H2/t18-,19-/m1/s1. The summed E-state index contributed by atoms with van der Waals surface area (Å²) in [6.07, 6.45) is 2.72. The van der Waals surface area contributed by atoms with E-state index >= 15 is 0 Å². The molecule has 2 bridgehead atoms. The Balaban J connectivity index is 1.67. The number of rotatable bonds is 1. The number of fused-ring (bicyclic) bond motifs is 2. The first-order chi connectivity index (χ1) is 10.8. The summed E-state index contributed by atoms with van der Waals surface area (Å²) in [5, 5.41) is 0. The summed E-state index contributed by atoms with van der Waals surface area (Å²) >= 11 is 0. The van der Waals surface area contributed by atoms with Crippen LogP contribution in [0.5, 0.6) is 0 Å². The Morgan fingerprint density at radius 3 is 2.55 bits per heavy atom. The van der Waals surface area contributed by atoms with Gasteiger partial charge in [-0.1, -0.05) is 48.5 Å². The molecule has 2 aromatic rings. The number of hydrogen-bond acceptors (Lipinski definition) is 2.